The largest absolute Gasteiger partial charge is 0.504 e. The van der Waals surface area contributed by atoms with Gasteiger partial charge in [0.25, 0.3) is 0 Å². The molecule has 2 N–H and O–H groups in total. The molecular formula is C23H33N3O2. The van der Waals surface area contributed by atoms with Crippen LogP contribution in [-0.4, -0.2) is 61.3 Å². The lowest BCUT2D eigenvalue weighted by molar-refractivity contribution is 0.125. The van der Waals surface area contributed by atoms with E-state index in [1.54, 1.807) is 13.2 Å². The van der Waals surface area contributed by atoms with E-state index in [-0.39, 0.29) is 5.75 Å². The number of nitrogens with one attached hydrogen (secondary N) is 1. The number of phenolic OH excluding ortho intramolecular Hbond substituents is 1. The van der Waals surface area contributed by atoms with Gasteiger partial charge in [-0.05, 0) is 49.2 Å². The fourth-order valence-electron chi connectivity index (χ4n) is 3.68. The van der Waals surface area contributed by atoms with Crippen LogP contribution in [0.2, 0.25) is 0 Å². The van der Waals surface area contributed by atoms with Crippen molar-refractivity contribution in [1.82, 2.24) is 15.1 Å². The van der Waals surface area contributed by atoms with Crippen molar-refractivity contribution in [1.29, 1.82) is 0 Å². The van der Waals surface area contributed by atoms with Crippen molar-refractivity contribution in [2.75, 3.05) is 46.4 Å². The van der Waals surface area contributed by atoms with Gasteiger partial charge in [0.1, 0.15) is 0 Å². The summed E-state index contributed by atoms with van der Waals surface area (Å²) in [4.78, 5) is 5.14. The maximum absolute atomic E-state index is 9.82. The lowest BCUT2D eigenvalue weighted by atomic mass is 10.2. The summed E-state index contributed by atoms with van der Waals surface area (Å²) in [5.41, 5.74) is 2.49. The third kappa shape index (κ3) is 6.51. The van der Waals surface area contributed by atoms with Gasteiger partial charge in [0.2, 0.25) is 0 Å². The van der Waals surface area contributed by atoms with Crippen LogP contribution >= 0.6 is 0 Å². The minimum absolute atomic E-state index is 0.202. The molecule has 0 amide bonds. The van der Waals surface area contributed by atoms with Gasteiger partial charge in [-0.25, -0.2) is 0 Å². The van der Waals surface area contributed by atoms with Crippen LogP contribution in [0.5, 0.6) is 11.5 Å². The van der Waals surface area contributed by atoms with Crippen LogP contribution < -0.4 is 10.1 Å². The normalized spacial score (nSPS) is 15.6. The molecule has 1 saturated heterocycles. The molecule has 0 saturated carbocycles. The Hall–Kier alpha value is -2.08. The Labute approximate surface area is 168 Å². The quantitative estimate of drug-likeness (QED) is 0.618. The summed E-state index contributed by atoms with van der Waals surface area (Å²) in [6.45, 7) is 8.69. The fraction of sp³-hybridized carbons (Fsp3) is 0.478. The molecule has 0 atom stereocenters. The number of methoxy groups -OCH3 is 1. The second-order valence-corrected chi connectivity index (χ2v) is 7.49. The third-order valence-corrected chi connectivity index (χ3v) is 5.36. The van der Waals surface area contributed by atoms with Crippen LogP contribution in [-0.2, 0) is 13.1 Å². The van der Waals surface area contributed by atoms with E-state index in [4.69, 9.17) is 4.74 Å². The van der Waals surface area contributed by atoms with Crippen LogP contribution in [0.3, 0.4) is 0 Å². The minimum atomic E-state index is 0.202. The number of piperazine rings is 1. The standard InChI is InChI=1S/C23H33N3O2/c1-28-23-10-9-21(17-22(23)27)18-24-11-5-6-12-25-13-15-26(16-14-25)19-20-7-3-2-4-8-20/h2-4,7-10,17,24,27H,5-6,11-16,18-19H2,1H3. The predicted molar refractivity (Wildman–Crippen MR) is 114 cm³/mol. The average Bonchev–Trinajstić information content (AvgIpc) is 2.73. The van der Waals surface area contributed by atoms with E-state index in [9.17, 15) is 5.11 Å². The molecule has 0 unspecified atom stereocenters. The number of phenols is 1. The molecule has 5 nitrogen and oxygen atoms in total. The summed E-state index contributed by atoms with van der Waals surface area (Å²) >= 11 is 0. The highest BCUT2D eigenvalue weighted by Gasteiger charge is 2.16. The second-order valence-electron chi connectivity index (χ2n) is 7.49. The first kappa shape index (κ1) is 20.6. The summed E-state index contributed by atoms with van der Waals surface area (Å²) in [7, 11) is 1.57. The highest BCUT2D eigenvalue weighted by atomic mass is 16.5. The van der Waals surface area contributed by atoms with Gasteiger partial charge in [-0.2, -0.15) is 0 Å². The highest BCUT2D eigenvalue weighted by molar-refractivity contribution is 5.41. The van der Waals surface area contributed by atoms with Gasteiger partial charge >= 0.3 is 0 Å². The number of hydrogen-bond acceptors (Lipinski definition) is 5. The minimum Gasteiger partial charge on any atom is -0.504 e. The fourth-order valence-corrected chi connectivity index (χ4v) is 3.68. The lowest BCUT2D eigenvalue weighted by Gasteiger charge is -2.34. The number of benzene rings is 2. The first-order valence-corrected chi connectivity index (χ1v) is 10.3. The van der Waals surface area contributed by atoms with Gasteiger partial charge in [-0.15, -0.1) is 0 Å². The molecule has 0 aliphatic carbocycles. The molecule has 152 valence electrons. The van der Waals surface area contributed by atoms with Gasteiger partial charge < -0.3 is 20.1 Å². The maximum Gasteiger partial charge on any atom is 0.160 e. The molecule has 28 heavy (non-hydrogen) atoms. The number of rotatable bonds is 10. The molecule has 0 radical (unpaired) electrons. The SMILES string of the molecule is COc1ccc(CNCCCCN2CCN(Cc3ccccc3)CC2)cc1O. The van der Waals surface area contributed by atoms with E-state index in [1.165, 1.54) is 38.0 Å². The monoisotopic (exact) mass is 383 g/mol. The van der Waals surface area contributed by atoms with Gasteiger partial charge in [0, 0.05) is 39.3 Å². The molecule has 1 aliphatic heterocycles. The van der Waals surface area contributed by atoms with Crippen molar-refractivity contribution in [2.24, 2.45) is 0 Å². The van der Waals surface area contributed by atoms with Crippen LogP contribution in [0, 0.1) is 0 Å². The van der Waals surface area contributed by atoms with Gasteiger partial charge in [0.15, 0.2) is 11.5 Å². The lowest BCUT2D eigenvalue weighted by Crippen LogP contribution is -2.46. The molecule has 1 aliphatic rings. The van der Waals surface area contributed by atoms with E-state index in [1.807, 2.05) is 12.1 Å². The smallest absolute Gasteiger partial charge is 0.160 e. The molecule has 1 heterocycles. The Morgan fingerprint density at radius 2 is 1.68 bits per heavy atom. The summed E-state index contributed by atoms with van der Waals surface area (Å²) in [5, 5.41) is 13.3. The third-order valence-electron chi connectivity index (χ3n) is 5.36. The molecule has 0 aromatic heterocycles. The molecule has 0 spiro atoms. The number of nitrogens with zero attached hydrogens (tertiary/aromatic N) is 2. The van der Waals surface area contributed by atoms with Gasteiger partial charge in [0.05, 0.1) is 7.11 Å². The number of unbranched alkanes of at least 4 members (excludes halogenated alkanes) is 1. The summed E-state index contributed by atoms with van der Waals surface area (Å²) in [6, 6.07) is 16.3. The van der Waals surface area contributed by atoms with E-state index >= 15 is 0 Å². The Morgan fingerprint density at radius 3 is 2.39 bits per heavy atom. The van der Waals surface area contributed by atoms with Crippen molar-refractivity contribution in [3.63, 3.8) is 0 Å². The molecule has 2 aromatic rings. The zero-order valence-corrected chi connectivity index (χ0v) is 16.9. The van der Waals surface area contributed by atoms with Crippen LogP contribution in [0.1, 0.15) is 24.0 Å². The van der Waals surface area contributed by atoms with Crippen LogP contribution in [0.25, 0.3) is 0 Å². The summed E-state index contributed by atoms with van der Waals surface area (Å²) < 4.78 is 5.07. The number of aromatic hydroxyl groups is 1. The average molecular weight is 384 g/mol. The van der Waals surface area contributed by atoms with Crippen molar-refractivity contribution >= 4 is 0 Å². The molecular weight excluding hydrogens is 350 g/mol. The summed E-state index contributed by atoms with van der Waals surface area (Å²) in [6.07, 6.45) is 2.39. The second kappa shape index (κ2) is 11.1. The molecule has 3 rings (SSSR count). The predicted octanol–water partition coefficient (Wildman–Crippen LogP) is 3.09. The molecule has 1 fully saturated rings. The molecule has 2 aromatic carbocycles. The topological polar surface area (TPSA) is 48.0 Å². The van der Waals surface area contributed by atoms with Gasteiger partial charge in [-0.3, -0.25) is 4.90 Å². The Morgan fingerprint density at radius 1 is 0.929 bits per heavy atom. The van der Waals surface area contributed by atoms with E-state index in [0.29, 0.717) is 5.75 Å². The zero-order valence-electron chi connectivity index (χ0n) is 16.9. The van der Waals surface area contributed by atoms with Crippen molar-refractivity contribution in [2.45, 2.75) is 25.9 Å². The van der Waals surface area contributed by atoms with E-state index < -0.39 is 0 Å². The van der Waals surface area contributed by atoms with Crippen LogP contribution in [0.4, 0.5) is 0 Å². The van der Waals surface area contributed by atoms with Crippen molar-refractivity contribution < 1.29 is 9.84 Å². The van der Waals surface area contributed by atoms with E-state index in [0.717, 1.165) is 38.3 Å². The van der Waals surface area contributed by atoms with Crippen LogP contribution in [0.15, 0.2) is 48.5 Å². The number of hydrogen-bond donors (Lipinski definition) is 2. The maximum atomic E-state index is 9.82. The Balaban J connectivity index is 1.24. The van der Waals surface area contributed by atoms with Crippen molar-refractivity contribution in [3.8, 4) is 11.5 Å². The first-order valence-electron chi connectivity index (χ1n) is 10.3. The first-order chi connectivity index (χ1) is 13.7. The molecule has 0 bridgehead atoms. The van der Waals surface area contributed by atoms with Gasteiger partial charge in [-0.1, -0.05) is 36.4 Å². The Kier molecular flexibility index (Phi) is 8.15. The highest BCUT2D eigenvalue weighted by Crippen LogP contribution is 2.26. The Bertz CT molecular complexity index is 700. The van der Waals surface area contributed by atoms with E-state index in [2.05, 4.69) is 45.4 Å². The molecule has 5 heteroatoms. The van der Waals surface area contributed by atoms with Crippen molar-refractivity contribution in [3.05, 3.63) is 59.7 Å². The summed E-state index contributed by atoms with van der Waals surface area (Å²) in [5.74, 6) is 0.723. The number of ether oxygens (including phenoxy) is 1. The zero-order chi connectivity index (χ0) is 19.6.